The maximum absolute atomic E-state index is 13.3. The molecule has 1 aromatic carbocycles. The zero-order valence-corrected chi connectivity index (χ0v) is 21.4. The lowest BCUT2D eigenvalue weighted by molar-refractivity contribution is -0.125. The molecule has 2 heterocycles. The molecular formula is C25H40N2O3Si. The Balaban J connectivity index is 1.92. The fourth-order valence-corrected chi connectivity index (χ4v) is 7.88. The predicted molar refractivity (Wildman–Crippen MR) is 129 cm³/mol. The molecule has 0 bridgehead atoms. The van der Waals surface area contributed by atoms with Crippen molar-refractivity contribution in [1.82, 2.24) is 9.80 Å². The minimum Gasteiger partial charge on any atom is -0.497 e. The van der Waals surface area contributed by atoms with Crippen molar-refractivity contribution in [2.24, 2.45) is 0 Å². The minimum atomic E-state index is -1.72. The van der Waals surface area contributed by atoms with Crippen LogP contribution in [0.15, 0.2) is 36.0 Å². The largest absolute Gasteiger partial charge is 0.497 e. The molecule has 6 heteroatoms. The van der Waals surface area contributed by atoms with E-state index in [0.717, 1.165) is 43.5 Å². The second-order valence-electron chi connectivity index (χ2n) is 9.98. The standard InChI is InChI=1S/C25H40N2O3Si/c1-8-25(9-2,30-4)22-11-10-16-26(22)21-17-23(28)27(24(21)31(5,6)7)18-19-12-14-20(29-3)15-13-19/h12-15,17,22,24H,8-11,16,18H2,1-7H3/t22-,24+/m0/s1. The van der Waals surface area contributed by atoms with Crippen LogP contribution in [0.4, 0.5) is 0 Å². The molecule has 0 aliphatic carbocycles. The third-order valence-corrected chi connectivity index (χ3v) is 9.52. The molecule has 1 aromatic rings. The Morgan fingerprint density at radius 3 is 2.26 bits per heavy atom. The van der Waals surface area contributed by atoms with E-state index in [0.29, 0.717) is 12.6 Å². The van der Waals surface area contributed by atoms with E-state index in [9.17, 15) is 4.79 Å². The van der Waals surface area contributed by atoms with Crippen LogP contribution in [0, 0.1) is 0 Å². The lowest BCUT2D eigenvalue weighted by Gasteiger charge is -2.46. The van der Waals surface area contributed by atoms with Crippen molar-refractivity contribution in [1.29, 1.82) is 0 Å². The van der Waals surface area contributed by atoms with Crippen LogP contribution in [0.1, 0.15) is 45.1 Å². The van der Waals surface area contributed by atoms with Crippen molar-refractivity contribution in [2.75, 3.05) is 20.8 Å². The quantitative estimate of drug-likeness (QED) is 0.511. The zero-order chi connectivity index (χ0) is 22.8. The Morgan fingerprint density at radius 1 is 1.10 bits per heavy atom. The Hall–Kier alpha value is -1.79. The molecule has 31 heavy (non-hydrogen) atoms. The van der Waals surface area contributed by atoms with Crippen LogP contribution in [0.5, 0.6) is 5.75 Å². The molecule has 0 spiro atoms. The molecule has 1 amide bonds. The first-order valence-corrected chi connectivity index (χ1v) is 15.3. The van der Waals surface area contributed by atoms with Gasteiger partial charge < -0.3 is 19.3 Å². The van der Waals surface area contributed by atoms with E-state index in [-0.39, 0.29) is 17.2 Å². The van der Waals surface area contributed by atoms with Crippen LogP contribution in [0.2, 0.25) is 19.6 Å². The summed E-state index contributed by atoms with van der Waals surface area (Å²) in [6.45, 7) is 13.2. The third kappa shape index (κ3) is 4.56. The van der Waals surface area contributed by atoms with Crippen LogP contribution < -0.4 is 4.74 Å². The van der Waals surface area contributed by atoms with Gasteiger partial charge in [0, 0.05) is 32.0 Å². The number of amides is 1. The molecule has 0 N–H and O–H groups in total. The minimum absolute atomic E-state index is 0.139. The molecule has 0 aromatic heterocycles. The van der Waals surface area contributed by atoms with E-state index < -0.39 is 8.07 Å². The number of likely N-dealkylation sites (tertiary alicyclic amines) is 1. The lowest BCUT2D eigenvalue weighted by atomic mass is 9.86. The van der Waals surface area contributed by atoms with Gasteiger partial charge in [-0.1, -0.05) is 45.6 Å². The highest BCUT2D eigenvalue weighted by Crippen LogP contribution is 2.41. The average molecular weight is 445 g/mol. The highest BCUT2D eigenvalue weighted by molar-refractivity contribution is 6.78. The summed E-state index contributed by atoms with van der Waals surface area (Å²) in [4.78, 5) is 17.9. The summed E-state index contributed by atoms with van der Waals surface area (Å²) >= 11 is 0. The molecular weight excluding hydrogens is 404 g/mol. The number of carbonyl (C=O) groups excluding carboxylic acids is 1. The van der Waals surface area contributed by atoms with Gasteiger partial charge in [0.15, 0.2) is 0 Å². The topological polar surface area (TPSA) is 42.0 Å². The van der Waals surface area contributed by atoms with E-state index in [1.54, 1.807) is 7.11 Å². The van der Waals surface area contributed by atoms with Gasteiger partial charge in [0.25, 0.3) is 0 Å². The van der Waals surface area contributed by atoms with Crippen molar-refractivity contribution in [3.05, 3.63) is 41.6 Å². The molecule has 1 fully saturated rings. The summed E-state index contributed by atoms with van der Waals surface area (Å²) < 4.78 is 11.4. The molecule has 172 valence electrons. The molecule has 0 unspecified atom stereocenters. The molecule has 2 atom stereocenters. The van der Waals surface area contributed by atoms with Gasteiger partial charge in [-0.25, -0.2) is 0 Å². The van der Waals surface area contributed by atoms with Crippen molar-refractivity contribution in [3.8, 4) is 5.75 Å². The molecule has 0 saturated carbocycles. The summed E-state index contributed by atoms with van der Waals surface area (Å²) in [6, 6.07) is 8.40. The Bertz CT molecular complexity index is 788. The summed E-state index contributed by atoms with van der Waals surface area (Å²) in [7, 11) is 1.81. The maximum atomic E-state index is 13.3. The van der Waals surface area contributed by atoms with Gasteiger partial charge in [-0.05, 0) is 43.4 Å². The number of hydrogen-bond donors (Lipinski definition) is 0. The third-order valence-electron chi connectivity index (χ3n) is 7.27. The SMILES string of the molecule is CCC(CC)(OC)[C@@H]1CCCN1C1=CC(=O)N(Cc2ccc(OC)cc2)[C@@H]1[Si](C)(C)C. The number of ether oxygens (including phenoxy) is 2. The Morgan fingerprint density at radius 2 is 1.74 bits per heavy atom. The molecule has 1 saturated heterocycles. The van der Waals surface area contributed by atoms with E-state index in [2.05, 4.69) is 55.4 Å². The fraction of sp³-hybridized carbons (Fsp3) is 0.640. The first kappa shape index (κ1) is 23.9. The second-order valence-corrected chi connectivity index (χ2v) is 15.3. The highest BCUT2D eigenvalue weighted by atomic mass is 28.3. The van der Waals surface area contributed by atoms with Gasteiger partial charge in [0.1, 0.15) is 5.75 Å². The maximum Gasteiger partial charge on any atom is 0.249 e. The smallest absolute Gasteiger partial charge is 0.249 e. The highest BCUT2D eigenvalue weighted by Gasteiger charge is 2.49. The van der Waals surface area contributed by atoms with Crippen molar-refractivity contribution in [2.45, 2.75) is 83.0 Å². The number of nitrogens with zero attached hydrogens (tertiary/aromatic N) is 2. The van der Waals surface area contributed by atoms with Crippen LogP contribution in [0.3, 0.4) is 0 Å². The summed E-state index contributed by atoms with van der Waals surface area (Å²) in [6.07, 6.45) is 6.16. The van der Waals surface area contributed by atoms with Gasteiger partial charge in [0.05, 0.1) is 32.5 Å². The number of carbonyl (C=O) groups is 1. The summed E-state index contributed by atoms with van der Waals surface area (Å²) in [5.74, 6) is 0.979. The normalized spacial score (nSPS) is 22.3. The molecule has 2 aliphatic rings. The molecule has 0 radical (unpaired) electrons. The monoisotopic (exact) mass is 444 g/mol. The predicted octanol–water partition coefficient (Wildman–Crippen LogP) is 4.84. The average Bonchev–Trinajstić information content (AvgIpc) is 3.35. The fourth-order valence-electron chi connectivity index (χ4n) is 5.59. The van der Waals surface area contributed by atoms with Crippen LogP contribution in [-0.2, 0) is 16.1 Å². The number of benzene rings is 1. The Labute approximate surface area is 189 Å². The second kappa shape index (κ2) is 9.37. The van der Waals surface area contributed by atoms with Crippen molar-refractivity contribution >= 4 is 14.0 Å². The van der Waals surface area contributed by atoms with E-state index in [1.807, 2.05) is 25.3 Å². The van der Waals surface area contributed by atoms with E-state index >= 15 is 0 Å². The van der Waals surface area contributed by atoms with Gasteiger partial charge in [-0.15, -0.1) is 0 Å². The molecule has 5 nitrogen and oxygen atoms in total. The van der Waals surface area contributed by atoms with Crippen LogP contribution in [0.25, 0.3) is 0 Å². The van der Waals surface area contributed by atoms with Crippen molar-refractivity contribution < 1.29 is 14.3 Å². The van der Waals surface area contributed by atoms with Crippen LogP contribution in [-0.4, -0.2) is 61.9 Å². The van der Waals surface area contributed by atoms with Gasteiger partial charge in [0.2, 0.25) is 5.91 Å². The summed E-state index contributed by atoms with van der Waals surface area (Å²) in [5, 5.41) is 0. The van der Waals surface area contributed by atoms with Crippen molar-refractivity contribution in [3.63, 3.8) is 0 Å². The lowest BCUT2D eigenvalue weighted by Crippen LogP contribution is -2.56. The first-order valence-electron chi connectivity index (χ1n) is 11.7. The molecule has 3 rings (SSSR count). The van der Waals surface area contributed by atoms with E-state index in [1.165, 1.54) is 5.70 Å². The first-order chi connectivity index (χ1) is 14.7. The number of rotatable bonds is 9. The molecule has 2 aliphatic heterocycles. The number of hydrogen-bond acceptors (Lipinski definition) is 4. The number of methoxy groups -OCH3 is 2. The summed E-state index contributed by atoms with van der Waals surface area (Å²) in [5.41, 5.74) is 2.38. The van der Waals surface area contributed by atoms with Gasteiger partial charge in [-0.3, -0.25) is 4.79 Å². The van der Waals surface area contributed by atoms with Gasteiger partial charge >= 0.3 is 0 Å². The Kier molecular flexibility index (Phi) is 7.21. The van der Waals surface area contributed by atoms with E-state index in [4.69, 9.17) is 9.47 Å². The van der Waals surface area contributed by atoms with Crippen LogP contribution >= 0.6 is 0 Å². The van der Waals surface area contributed by atoms with Gasteiger partial charge in [-0.2, -0.15) is 0 Å². The zero-order valence-electron chi connectivity index (χ0n) is 20.4.